The van der Waals surface area contributed by atoms with Crippen molar-refractivity contribution in [3.63, 3.8) is 0 Å². The zero-order chi connectivity index (χ0) is 15.5. The lowest BCUT2D eigenvalue weighted by molar-refractivity contribution is 0.470. The van der Waals surface area contributed by atoms with Gasteiger partial charge in [-0.3, -0.25) is 5.10 Å². The Morgan fingerprint density at radius 3 is 2.57 bits per heavy atom. The number of pyridine rings is 1. The predicted molar refractivity (Wildman–Crippen MR) is 90.1 cm³/mol. The Morgan fingerprint density at radius 2 is 1.74 bits per heavy atom. The van der Waals surface area contributed by atoms with Gasteiger partial charge in [0.1, 0.15) is 17.4 Å². The number of fused-ring (bicyclic) bond motifs is 1. The van der Waals surface area contributed by atoms with E-state index in [1.165, 1.54) is 0 Å². The molecule has 0 unspecified atom stereocenters. The van der Waals surface area contributed by atoms with Crippen molar-refractivity contribution >= 4 is 22.4 Å². The van der Waals surface area contributed by atoms with Crippen molar-refractivity contribution in [3.8, 4) is 11.6 Å². The number of benzene rings is 2. The second-order valence-corrected chi connectivity index (χ2v) is 5.04. The molecule has 0 atom stereocenters. The molecule has 0 aliphatic rings. The van der Waals surface area contributed by atoms with Crippen LogP contribution in [0.2, 0.25) is 0 Å². The van der Waals surface area contributed by atoms with E-state index >= 15 is 0 Å². The van der Waals surface area contributed by atoms with Gasteiger partial charge in [-0.2, -0.15) is 10.1 Å². The minimum Gasteiger partial charge on any atom is -0.438 e. The number of rotatable bonds is 4. The van der Waals surface area contributed by atoms with Gasteiger partial charge in [-0.15, -0.1) is 0 Å². The van der Waals surface area contributed by atoms with E-state index in [1.54, 1.807) is 6.20 Å². The van der Waals surface area contributed by atoms with Crippen molar-refractivity contribution < 1.29 is 4.74 Å². The zero-order valence-corrected chi connectivity index (χ0v) is 12.2. The SMILES string of the molecule is c1ccc(Oc2nc(Nc3ccn[nH]3)cc3ccccc23)cc1. The molecule has 4 aromatic rings. The lowest BCUT2D eigenvalue weighted by atomic mass is 10.1. The highest BCUT2D eigenvalue weighted by Crippen LogP contribution is 2.30. The summed E-state index contributed by atoms with van der Waals surface area (Å²) in [4.78, 5) is 4.59. The summed E-state index contributed by atoms with van der Waals surface area (Å²) < 4.78 is 5.97. The third-order valence-corrected chi connectivity index (χ3v) is 3.43. The quantitative estimate of drug-likeness (QED) is 0.583. The summed E-state index contributed by atoms with van der Waals surface area (Å²) in [7, 11) is 0. The summed E-state index contributed by atoms with van der Waals surface area (Å²) in [6.07, 6.45) is 1.69. The molecule has 5 nitrogen and oxygen atoms in total. The highest BCUT2D eigenvalue weighted by Gasteiger charge is 2.09. The fraction of sp³-hybridized carbons (Fsp3) is 0. The molecule has 0 aliphatic heterocycles. The summed E-state index contributed by atoms with van der Waals surface area (Å²) in [6, 6.07) is 21.5. The van der Waals surface area contributed by atoms with Crippen LogP contribution in [0.3, 0.4) is 0 Å². The third kappa shape index (κ3) is 2.85. The van der Waals surface area contributed by atoms with E-state index in [9.17, 15) is 0 Å². The van der Waals surface area contributed by atoms with Crippen molar-refractivity contribution in [2.24, 2.45) is 0 Å². The molecule has 0 radical (unpaired) electrons. The number of ether oxygens (including phenoxy) is 1. The van der Waals surface area contributed by atoms with Crippen LogP contribution in [0.25, 0.3) is 10.8 Å². The van der Waals surface area contributed by atoms with Crippen molar-refractivity contribution in [2.75, 3.05) is 5.32 Å². The lowest BCUT2D eigenvalue weighted by Crippen LogP contribution is -1.97. The molecule has 2 aromatic carbocycles. The molecule has 2 N–H and O–H groups in total. The van der Waals surface area contributed by atoms with Gasteiger partial charge in [0.2, 0.25) is 5.88 Å². The van der Waals surface area contributed by atoms with Gasteiger partial charge in [-0.25, -0.2) is 0 Å². The van der Waals surface area contributed by atoms with Gasteiger partial charge in [-0.1, -0.05) is 36.4 Å². The number of aromatic amines is 1. The first-order chi connectivity index (χ1) is 11.4. The predicted octanol–water partition coefficient (Wildman–Crippen LogP) is 4.49. The molecular weight excluding hydrogens is 288 g/mol. The monoisotopic (exact) mass is 302 g/mol. The summed E-state index contributed by atoms with van der Waals surface area (Å²) in [5.41, 5.74) is 0. The molecule has 2 heterocycles. The molecule has 2 aromatic heterocycles. The molecule has 0 aliphatic carbocycles. The van der Waals surface area contributed by atoms with E-state index in [4.69, 9.17) is 4.74 Å². The maximum Gasteiger partial charge on any atom is 0.229 e. The maximum atomic E-state index is 5.97. The Labute approximate surface area is 133 Å². The highest BCUT2D eigenvalue weighted by atomic mass is 16.5. The molecule has 0 fully saturated rings. The molecule has 0 saturated carbocycles. The molecule has 23 heavy (non-hydrogen) atoms. The van der Waals surface area contributed by atoms with E-state index in [1.807, 2.05) is 66.7 Å². The fourth-order valence-electron chi connectivity index (χ4n) is 2.37. The van der Waals surface area contributed by atoms with Gasteiger partial charge < -0.3 is 10.1 Å². The minimum atomic E-state index is 0.566. The lowest BCUT2D eigenvalue weighted by Gasteiger charge is -2.11. The van der Waals surface area contributed by atoms with Gasteiger partial charge in [0.15, 0.2) is 0 Å². The number of para-hydroxylation sites is 1. The zero-order valence-electron chi connectivity index (χ0n) is 12.2. The largest absolute Gasteiger partial charge is 0.438 e. The molecular formula is C18H14N4O. The van der Waals surface area contributed by atoms with Gasteiger partial charge in [0.25, 0.3) is 0 Å². The number of hydrogen-bond donors (Lipinski definition) is 2. The molecule has 0 saturated heterocycles. The van der Waals surface area contributed by atoms with Crippen LogP contribution in [0.5, 0.6) is 11.6 Å². The average molecular weight is 302 g/mol. The van der Waals surface area contributed by atoms with Crippen LogP contribution in [-0.2, 0) is 0 Å². The van der Waals surface area contributed by atoms with Crippen LogP contribution in [0.4, 0.5) is 11.6 Å². The van der Waals surface area contributed by atoms with Crippen molar-refractivity contribution in [3.05, 3.63) is 72.9 Å². The van der Waals surface area contributed by atoms with E-state index in [0.717, 1.165) is 22.3 Å². The Bertz CT molecular complexity index is 920. The van der Waals surface area contributed by atoms with E-state index in [-0.39, 0.29) is 0 Å². The van der Waals surface area contributed by atoms with Crippen LogP contribution in [0.1, 0.15) is 0 Å². The van der Waals surface area contributed by atoms with Crippen LogP contribution >= 0.6 is 0 Å². The van der Waals surface area contributed by atoms with Crippen LogP contribution < -0.4 is 10.1 Å². The van der Waals surface area contributed by atoms with Gasteiger partial charge in [0.05, 0.1) is 6.20 Å². The Kier molecular flexibility index (Phi) is 3.37. The standard InChI is InChI=1S/C18H14N4O/c1-2-7-14(8-3-1)23-18-15-9-5-4-6-13(15)12-17(21-18)20-16-10-11-19-22-16/h1-12H,(H2,19,20,21,22). The van der Waals surface area contributed by atoms with Crippen molar-refractivity contribution in [1.82, 2.24) is 15.2 Å². The molecule has 5 heteroatoms. The van der Waals surface area contributed by atoms with Crippen LogP contribution in [0, 0.1) is 0 Å². The third-order valence-electron chi connectivity index (χ3n) is 3.43. The van der Waals surface area contributed by atoms with E-state index in [2.05, 4.69) is 20.5 Å². The second-order valence-electron chi connectivity index (χ2n) is 5.04. The van der Waals surface area contributed by atoms with Gasteiger partial charge in [0, 0.05) is 11.5 Å². The molecule has 0 amide bonds. The molecule has 112 valence electrons. The van der Waals surface area contributed by atoms with Gasteiger partial charge in [-0.05, 0) is 29.7 Å². The van der Waals surface area contributed by atoms with Crippen LogP contribution in [0.15, 0.2) is 72.9 Å². The number of nitrogens with one attached hydrogen (secondary N) is 2. The summed E-state index contributed by atoms with van der Waals surface area (Å²) in [5, 5.41) is 12.0. The first-order valence-corrected chi connectivity index (χ1v) is 7.27. The number of H-pyrrole nitrogens is 1. The van der Waals surface area contributed by atoms with Crippen molar-refractivity contribution in [1.29, 1.82) is 0 Å². The summed E-state index contributed by atoms with van der Waals surface area (Å²) >= 11 is 0. The first-order valence-electron chi connectivity index (χ1n) is 7.27. The highest BCUT2D eigenvalue weighted by molar-refractivity contribution is 5.89. The number of nitrogens with zero attached hydrogens (tertiary/aromatic N) is 2. The number of anilines is 2. The number of aromatic nitrogens is 3. The smallest absolute Gasteiger partial charge is 0.229 e. The van der Waals surface area contributed by atoms with Crippen molar-refractivity contribution in [2.45, 2.75) is 0 Å². The second kappa shape index (κ2) is 5.81. The topological polar surface area (TPSA) is 62.8 Å². The average Bonchev–Trinajstić information content (AvgIpc) is 3.09. The Hall–Kier alpha value is -3.34. The fourth-order valence-corrected chi connectivity index (χ4v) is 2.37. The van der Waals surface area contributed by atoms with Gasteiger partial charge >= 0.3 is 0 Å². The normalized spacial score (nSPS) is 10.6. The van der Waals surface area contributed by atoms with E-state index in [0.29, 0.717) is 11.7 Å². The minimum absolute atomic E-state index is 0.566. The molecule has 0 spiro atoms. The Morgan fingerprint density at radius 1 is 0.913 bits per heavy atom. The van der Waals surface area contributed by atoms with E-state index < -0.39 is 0 Å². The van der Waals surface area contributed by atoms with Crippen LogP contribution in [-0.4, -0.2) is 15.2 Å². The molecule has 4 rings (SSSR count). The Balaban J connectivity index is 1.77. The maximum absolute atomic E-state index is 5.97. The summed E-state index contributed by atoms with van der Waals surface area (Å²) in [5.74, 6) is 2.79. The summed E-state index contributed by atoms with van der Waals surface area (Å²) in [6.45, 7) is 0. The molecule has 0 bridgehead atoms. The number of hydrogen-bond acceptors (Lipinski definition) is 4. The first kappa shape index (κ1) is 13.3.